The molecule has 5 rings (SSSR count). The number of fused-ring (bicyclic) bond motifs is 1. The Morgan fingerprint density at radius 3 is 2.26 bits per heavy atom. The van der Waals surface area contributed by atoms with Crippen LogP contribution in [0.2, 0.25) is 0 Å². The highest BCUT2D eigenvalue weighted by Gasteiger charge is 2.33. The summed E-state index contributed by atoms with van der Waals surface area (Å²) in [6, 6.07) is 20.6. The summed E-state index contributed by atoms with van der Waals surface area (Å²) in [5.74, 6) is 2.09. The van der Waals surface area contributed by atoms with E-state index in [-0.39, 0.29) is 35.3 Å². The van der Waals surface area contributed by atoms with Gasteiger partial charge in [0.25, 0.3) is 0 Å². The number of thioether (sulfide) groups is 1. The number of hydrogen-bond acceptors (Lipinski definition) is 6. The molecule has 2 N–H and O–H groups in total. The van der Waals surface area contributed by atoms with Crippen molar-refractivity contribution in [3.05, 3.63) is 77.9 Å². The van der Waals surface area contributed by atoms with Gasteiger partial charge in [-0.25, -0.2) is 0 Å². The van der Waals surface area contributed by atoms with Crippen molar-refractivity contribution in [2.75, 3.05) is 26.2 Å². The first kappa shape index (κ1) is 24.6. The van der Waals surface area contributed by atoms with Gasteiger partial charge in [0, 0.05) is 6.54 Å². The average Bonchev–Trinajstić information content (AvgIpc) is 2.85. The molecule has 3 aromatic carbocycles. The summed E-state index contributed by atoms with van der Waals surface area (Å²) in [6.07, 6.45) is 3.72. The predicted octanol–water partition coefficient (Wildman–Crippen LogP) is 6.35. The van der Waals surface area contributed by atoms with E-state index in [4.69, 9.17) is 9.47 Å². The van der Waals surface area contributed by atoms with E-state index in [1.807, 2.05) is 30.3 Å². The van der Waals surface area contributed by atoms with E-state index in [9.17, 15) is 10.2 Å². The fourth-order valence-corrected chi connectivity index (χ4v) is 5.79. The van der Waals surface area contributed by atoms with Gasteiger partial charge in [0.05, 0.1) is 10.1 Å². The third kappa shape index (κ3) is 5.74. The van der Waals surface area contributed by atoms with Crippen LogP contribution in [0.4, 0.5) is 0 Å². The number of rotatable bonds is 6. The molecule has 0 saturated carbocycles. The quantitative estimate of drug-likeness (QED) is 0.412. The summed E-state index contributed by atoms with van der Waals surface area (Å²) in [5.41, 5.74) is 2.11. The van der Waals surface area contributed by atoms with Crippen molar-refractivity contribution >= 4 is 24.2 Å². The topological polar surface area (TPSA) is 62.2 Å². The van der Waals surface area contributed by atoms with Crippen molar-refractivity contribution in [3.8, 4) is 23.0 Å². The number of halogens is 1. The second kappa shape index (κ2) is 11.3. The first-order chi connectivity index (χ1) is 16.2. The standard InChI is InChI=1S/C27H29NO4S.ClH/c29-21-8-4-20(5-9-21)27-26(32-24-13-10-22(30)18-25(24)33-27)19-6-11-23(12-7-19)31-17-16-28-14-2-1-3-15-28;/h4-13,18,26-27,29-30H,1-3,14-17H2;1H/t26-,27+;/m0./s1. The number of phenolic OH excluding ortho intramolecular Hbond substituents is 2. The van der Waals surface area contributed by atoms with Crippen molar-refractivity contribution in [2.24, 2.45) is 0 Å². The molecule has 0 amide bonds. The molecule has 0 aliphatic carbocycles. The molecule has 1 saturated heterocycles. The van der Waals surface area contributed by atoms with Crippen LogP contribution in [0.1, 0.15) is 41.7 Å². The Bertz CT molecular complexity index is 1070. The minimum atomic E-state index is -0.209. The van der Waals surface area contributed by atoms with Crippen molar-refractivity contribution in [3.63, 3.8) is 0 Å². The highest BCUT2D eigenvalue weighted by Crippen LogP contribution is 2.54. The smallest absolute Gasteiger partial charge is 0.140 e. The number of phenols is 2. The summed E-state index contributed by atoms with van der Waals surface area (Å²) in [5, 5.41) is 19.6. The third-order valence-corrected chi connectivity index (χ3v) is 7.61. The van der Waals surface area contributed by atoms with E-state index in [1.165, 1.54) is 32.4 Å². The zero-order valence-corrected chi connectivity index (χ0v) is 20.6. The Morgan fingerprint density at radius 1 is 0.853 bits per heavy atom. The molecule has 2 aliphatic heterocycles. The molecule has 2 aliphatic rings. The summed E-state index contributed by atoms with van der Waals surface area (Å²) >= 11 is 1.66. The van der Waals surface area contributed by atoms with Gasteiger partial charge in [0.1, 0.15) is 35.7 Å². The van der Waals surface area contributed by atoms with Gasteiger partial charge >= 0.3 is 0 Å². The van der Waals surface area contributed by atoms with Crippen LogP contribution in [0.5, 0.6) is 23.0 Å². The minimum absolute atomic E-state index is 0. The Morgan fingerprint density at radius 2 is 1.53 bits per heavy atom. The summed E-state index contributed by atoms with van der Waals surface area (Å²) < 4.78 is 12.4. The van der Waals surface area contributed by atoms with Gasteiger partial charge < -0.3 is 19.7 Å². The fourth-order valence-electron chi connectivity index (χ4n) is 4.46. The van der Waals surface area contributed by atoms with E-state index in [0.29, 0.717) is 6.61 Å². The van der Waals surface area contributed by atoms with Gasteiger partial charge in [-0.05, 0) is 79.5 Å². The minimum Gasteiger partial charge on any atom is -0.508 e. The maximum absolute atomic E-state index is 9.93. The number of benzene rings is 3. The molecule has 0 bridgehead atoms. The predicted molar refractivity (Wildman–Crippen MR) is 138 cm³/mol. The number of hydrogen-bond donors (Lipinski definition) is 2. The SMILES string of the molecule is Cl.Oc1ccc([C@H]2Sc3cc(O)ccc3O[C@H]2c2ccc(OCCN3CCCCC3)cc2)cc1. The Kier molecular flexibility index (Phi) is 8.14. The number of likely N-dealkylation sites (tertiary alicyclic amines) is 1. The third-order valence-electron chi connectivity index (χ3n) is 6.27. The van der Waals surface area contributed by atoms with Crippen molar-refractivity contribution < 1.29 is 19.7 Å². The van der Waals surface area contributed by atoms with Crippen molar-refractivity contribution in [1.29, 1.82) is 0 Å². The normalized spacial score (nSPS) is 20.0. The number of aromatic hydroxyl groups is 2. The van der Waals surface area contributed by atoms with Crippen LogP contribution >= 0.6 is 24.2 Å². The van der Waals surface area contributed by atoms with Gasteiger partial charge in [-0.1, -0.05) is 30.7 Å². The molecule has 0 aromatic heterocycles. The van der Waals surface area contributed by atoms with E-state index >= 15 is 0 Å². The van der Waals surface area contributed by atoms with Gasteiger partial charge in [-0.3, -0.25) is 4.90 Å². The summed E-state index contributed by atoms with van der Waals surface area (Å²) in [4.78, 5) is 3.38. The van der Waals surface area contributed by atoms with Crippen molar-refractivity contribution in [1.82, 2.24) is 4.90 Å². The molecule has 7 heteroatoms. The molecule has 5 nitrogen and oxygen atoms in total. The van der Waals surface area contributed by atoms with E-state index in [2.05, 4.69) is 17.0 Å². The first-order valence-corrected chi connectivity index (χ1v) is 12.4. The van der Waals surface area contributed by atoms with Crippen LogP contribution in [0.3, 0.4) is 0 Å². The lowest BCUT2D eigenvalue weighted by molar-refractivity contribution is 0.182. The largest absolute Gasteiger partial charge is 0.508 e. The molecule has 2 atom stereocenters. The zero-order chi connectivity index (χ0) is 22.6. The highest BCUT2D eigenvalue weighted by atomic mass is 35.5. The van der Waals surface area contributed by atoms with Gasteiger partial charge in [-0.15, -0.1) is 24.2 Å². The molecule has 0 spiro atoms. The molecule has 0 radical (unpaired) electrons. The van der Waals surface area contributed by atoms with E-state index in [1.54, 1.807) is 36.0 Å². The molecule has 1 fully saturated rings. The van der Waals surface area contributed by atoms with Gasteiger partial charge in [0.2, 0.25) is 0 Å². The molecule has 3 aromatic rings. The molecule has 180 valence electrons. The summed E-state index contributed by atoms with van der Waals surface area (Å²) in [6.45, 7) is 4.02. The molecule has 0 unspecified atom stereocenters. The van der Waals surface area contributed by atoms with Crippen LogP contribution in [0.25, 0.3) is 0 Å². The zero-order valence-electron chi connectivity index (χ0n) is 18.9. The Hall–Kier alpha value is -2.54. The average molecular weight is 500 g/mol. The Labute approximate surface area is 211 Å². The second-order valence-electron chi connectivity index (χ2n) is 8.62. The van der Waals surface area contributed by atoms with Crippen molar-refractivity contribution in [2.45, 2.75) is 35.5 Å². The fraction of sp³-hybridized carbons (Fsp3) is 0.333. The summed E-state index contributed by atoms with van der Waals surface area (Å²) in [7, 11) is 0. The molecular weight excluding hydrogens is 470 g/mol. The van der Waals surface area contributed by atoms with Gasteiger partial charge in [-0.2, -0.15) is 0 Å². The number of nitrogens with zero attached hydrogens (tertiary/aromatic N) is 1. The lowest BCUT2D eigenvalue weighted by atomic mass is 10.00. The van der Waals surface area contributed by atoms with Gasteiger partial charge in [0.15, 0.2) is 0 Å². The Balaban J connectivity index is 0.00000274. The number of ether oxygens (including phenoxy) is 2. The molecular formula is C27H30ClNO4S. The van der Waals surface area contributed by atoms with Crippen LogP contribution in [0.15, 0.2) is 71.6 Å². The number of piperidine rings is 1. The maximum Gasteiger partial charge on any atom is 0.140 e. The van der Waals surface area contributed by atoms with Crippen LogP contribution < -0.4 is 9.47 Å². The van der Waals surface area contributed by atoms with Crippen LogP contribution in [-0.4, -0.2) is 41.4 Å². The monoisotopic (exact) mass is 499 g/mol. The lowest BCUT2D eigenvalue weighted by Crippen LogP contribution is -2.33. The maximum atomic E-state index is 9.93. The lowest BCUT2D eigenvalue weighted by Gasteiger charge is -2.34. The second-order valence-corrected chi connectivity index (χ2v) is 9.80. The van der Waals surface area contributed by atoms with Crippen LogP contribution in [-0.2, 0) is 0 Å². The highest BCUT2D eigenvalue weighted by molar-refractivity contribution is 7.99. The van der Waals surface area contributed by atoms with E-state index in [0.717, 1.165) is 34.1 Å². The molecule has 2 heterocycles. The first-order valence-electron chi connectivity index (χ1n) is 11.6. The van der Waals surface area contributed by atoms with Crippen LogP contribution in [0, 0.1) is 0 Å². The van der Waals surface area contributed by atoms with E-state index < -0.39 is 0 Å². The molecule has 34 heavy (non-hydrogen) atoms.